The summed E-state index contributed by atoms with van der Waals surface area (Å²) in [5.74, 6) is -3.10. The molecule has 0 aromatic rings. The lowest BCUT2D eigenvalue weighted by Crippen LogP contribution is -2.56. The topological polar surface area (TPSA) is 132 Å². The fourth-order valence-corrected chi connectivity index (χ4v) is 5.18. The Balaban J connectivity index is 1.91. The van der Waals surface area contributed by atoms with Gasteiger partial charge in [0.1, 0.15) is 30.0 Å². The molecule has 2 aliphatic heterocycles. The second kappa shape index (κ2) is 6.75. The molecule has 2 saturated heterocycles. The van der Waals surface area contributed by atoms with Crippen molar-refractivity contribution < 1.29 is 43.5 Å². The number of aliphatic hydroxyl groups is 2. The third kappa shape index (κ3) is 2.69. The molecule has 2 aliphatic carbocycles. The highest BCUT2D eigenvalue weighted by Crippen LogP contribution is 2.65. The van der Waals surface area contributed by atoms with Gasteiger partial charge in [-0.25, -0.2) is 9.59 Å². The molecule has 9 nitrogen and oxygen atoms in total. The average molecular weight is 434 g/mol. The Morgan fingerprint density at radius 2 is 1.84 bits per heavy atom. The van der Waals surface area contributed by atoms with E-state index in [9.17, 15) is 24.6 Å². The van der Waals surface area contributed by atoms with Crippen molar-refractivity contribution in [2.75, 3.05) is 0 Å². The van der Waals surface area contributed by atoms with Crippen molar-refractivity contribution in [1.82, 2.24) is 0 Å². The van der Waals surface area contributed by atoms with Crippen LogP contribution in [0.25, 0.3) is 0 Å². The van der Waals surface area contributed by atoms with Gasteiger partial charge in [0.2, 0.25) is 0 Å². The summed E-state index contributed by atoms with van der Waals surface area (Å²) in [7, 11) is 0. The normalized spacial score (nSPS) is 43.5. The van der Waals surface area contributed by atoms with E-state index in [1.54, 1.807) is 33.8 Å². The van der Waals surface area contributed by atoms with Gasteiger partial charge in [-0.15, -0.1) is 0 Å². The highest BCUT2D eigenvalue weighted by atomic mass is 16.7. The number of carbonyl (C=O) groups is 3. The fraction of sp³-hybridized carbons (Fsp3) is 0.591. The van der Waals surface area contributed by atoms with Gasteiger partial charge in [-0.05, 0) is 33.3 Å². The first kappa shape index (κ1) is 21.7. The molecule has 4 rings (SSSR count). The second-order valence-electron chi connectivity index (χ2n) is 8.70. The number of esters is 3. The van der Waals surface area contributed by atoms with Crippen molar-refractivity contribution in [2.45, 2.75) is 76.3 Å². The summed E-state index contributed by atoms with van der Waals surface area (Å²) < 4.78 is 22.3. The van der Waals surface area contributed by atoms with E-state index in [1.807, 2.05) is 0 Å². The van der Waals surface area contributed by atoms with E-state index in [-0.39, 0.29) is 11.1 Å². The van der Waals surface area contributed by atoms with Crippen molar-refractivity contribution in [3.05, 3.63) is 34.9 Å². The van der Waals surface area contributed by atoms with Crippen molar-refractivity contribution in [1.29, 1.82) is 0 Å². The smallest absolute Gasteiger partial charge is 0.334 e. The van der Waals surface area contributed by atoms with Crippen LogP contribution in [0.4, 0.5) is 0 Å². The van der Waals surface area contributed by atoms with Crippen molar-refractivity contribution >= 4 is 17.9 Å². The third-order valence-corrected chi connectivity index (χ3v) is 7.03. The zero-order valence-electron chi connectivity index (χ0n) is 18.0. The minimum absolute atomic E-state index is 0.0412. The van der Waals surface area contributed by atoms with Gasteiger partial charge in [-0.1, -0.05) is 12.7 Å². The summed E-state index contributed by atoms with van der Waals surface area (Å²) >= 11 is 0. The number of hydrogen-bond donors (Lipinski definition) is 2. The van der Waals surface area contributed by atoms with Gasteiger partial charge >= 0.3 is 17.9 Å². The average Bonchev–Trinajstić information content (AvgIpc) is 3.27. The molecular weight excluding hydrogens is 408 g/mol. The standard InChI is InChI=1S/C22H26O9/c1-7-8(2)19(25)29-15-10(4)13-16(28-11(5)23)18-21(6,31-18)22(13,27)17-12(14(15)24)9(3)20(26)30-17/h7,12,14-18,24,27H,3H2,1-2,4-6H3. The lowest BCUT2D eigenvalue weighted by Gasteiger charge is -2.38. The molecule has 2 N–H and O–H groups in total. The number of fused-ring (bicyclic) bond motifs is 5. The molecule has 0 aromatic carbocycles. The molecule has 8 atom stereocenters. The van der Waals surface area contributed by atoms with Gasteiger partial charge in [0, 0.05) is 23.6 Å². The van der Waals surface area contributed by atoms with Gasteiger partial charge < -0.3 is 29.2 Å². The van der Waals surface area contributed by atoms with Crippen LogP contribution in [0.15, 0.2) is 34.9 Å². The van der Waals surface area contributed by atoms with Crippen molar-refractivity contribution in [3.63, 3.8) is 0 Å². The van der Waals surface area contributed by atoms with E-state index in [4.69, 9.17) is 18.9 Å². The Morgan fingerprint density at radius 3 is 2.42 bits per heavy atom. The lowest BCUT2D eigenvalue weighted by atomic mass is 9.76. The van der Waals surface area contributed by atoms with Crippen LogP contribution in [-0.2, 0) is 33.3 Å². The molecule has 4 aliphatic rings. The van der Waals surface area contributed by atoms with E-state index in [1.165, 1.54) is 6.92 Å². The summed E-state index contributed by atoms with van der Waals surface area (Å²) in [6.07, 6.45) is -4.02. The highest BCUT2D eigenvalue weighted by molar-refractivity contribution is 5.92. The van der Waals surface area contributed by atoms with Crippen LogP contribution >= 0.6 is 0 Å². The maximum Gasteiger partial charge on any atom is 0.334 e. The molecule has 8 unspecified atom stereocenters. The molecule has 31 heavy (non-hydrogen) atoms. The molecule has 168 valence electrons. The Bertz CT molecular complexity index is 962. The number of hydrogen-bond acceptors (Lipinski definition) is 9. The molecule has 0 spiro atoms. The molecule has 2 heterocycles. The minimum Gasteiger partial charge on any atom is -0.455 e. The fourth-order valence-electron chi connectivity index (χ4n) is 5.18. The van der Waals surface area contributed by atoms with E-state index < -0.39 is 65.5 Å². The molecule has 0 aromatic heterocycles. The quantitative estimate of drug-likeness (QED) is 0.214. The Labute approximate surface area is 179 Å². The predicted octanol–water partition coefficient (Wildman–Crippen LogP) is 0.487. The van der Waals surface area contributed by atoms with Crippen LogP contribution in [0.5, 0.6) is 0 Å². The van der Waals surface area contributed by atoms with E-state index in [0.29, 0.717) is 11.1 Å². The first-order chi connectivity index (χ1) is 14.4. The first-order valence-electron chi connectivity index (χ1n) is 10.1. The molecule has 1 saturated carbocycles. The highest BCUT2D eigenvalue weighted by Gasteiger charge is 2.83. The summed E-state index contributed by atoms with van der Waals surface area (Å²) in [4.78, 5) is 36.7. The number of carbonyl (C=O) groups excluding carboxylic acids is 3. The SMILES string of the molecule is C=C1C(=O)OC2C1C(O)C(OC(=O)C(C)=CC)C(C)=C1C(OC(C)=O)C3OC3(C)C12O. The molecular formula is C22H26O9. The van der Waals surface area contributed by atoms with Crippen molar-refractivity contribution in [2.24, 2.45) is 5.92 Å². The molecule has 9 heteroatoms. The monoisotopic (exact) mass is 434 g/mol. The van der Waals surface area contributed by atoms with Gasteiger partial charge in [0.15, 0.2) is 11.7 Å². The van der Waals surface area contributed by atoms with Crippen LogP contribution in [-0.4, -0.2) is 69.8 Å². The second-order valence-corrected chi connectivity index (χ2v) is 8.70. The molecule has 0 bridgehead atoms. The Morgan fingerprint density at radius 1 is 1.19 bits per heavy atom. The maximum absolute atomic E-state index is 12.5. The van der Waals surface area contributed by atoms with E-state index >= 15 is 0 Å². The van der Waals surface area contributed by atoms with Crippen LogP contribution in [0, 0.1) is 5.92 Å². The number of allylic oxidation sites excluding steroid dienone is 1. The number of ether oxygens (including phenoxy) is 4. The summed E-state index contributed by atoms with van der Waals surface area (Å²) in [5.41, 5.74) is -2.34. The summed E-state index contributed by atoms with van der Waals surface area (Å²) in [6.45, 7) is 11.4. The number of epoxide rings is 1. The van der Waals surface area contributed by atoms with Crippen LogP contribution in [0.2, 0.25) is 0 Å². The van der Waals surface area contributed by atoms with Gasteiger partial charge in [0.25, 0.3) is 0 Å². The minimum atomic E-state index is -1.92. The summed E-state index contributed by atoms with van der Waals surface area (Å²) in [6, 6.07) is 0. The predicted molar refractivity (Wildman–Crippen MR) is 104 cm³/mol. The number of aliphatic hydroxyl groups excluding tert-OH is 1. The van der Waals surface area contributed by atoms with Crippen LogP contribution in [0.3, 0.4) is 0 Å². The number of rotatable bonds is 3. The Kier molecular flexibility index (Phi) is 4.73. The summed E-state index contributed by atoms with van der Waals surface area (Å²) in [5, 5.41) is 23.2. The van der Waals surface area contributed by atoms with Gasteiger partial charge in [0.05, 0.1) is 5.92 Å². The Hall–Kier alpha value is -2.49. The largest absolute Gasteiger partial charge is 0.455 e. The van der Waals surface area contributed by atoms with E-state index in [2.05, 4.69) is 6.58 Å². The third-order valence-electron chi connectivity index (χ3n) is 7.03. The maximum atomic E-state index is 12.5. The van der Waals surface area contributed by atoms with Crippen LogP contribution in [0.1, 0.15) is 34.6 Å². The molecule has 3 fully saturated rings. The van der Waals surface area contributed by atoms with Crippen molar-refractivity contribution in [3.8, 4) is 0 Å². The zero-order valence-corrected chi connectivity index (χ0v) is 18.0. The molecule has 0 radical (unpaired) electrons. The van der Waals surface area contributed by atoms with Gasteiger partial charge in [-0.3, -0.25) is 4.79 Å². The van der Waals surface area contributed by atoms with Gasteiger partial charge in [-0.2, -0.15) is 0 Å². The first-order valence-corrected chi connectivity index (χ1v) is 10.1. The zero-order chi connectivity index (χ0) is 23.0. The van der Waals surface area contributed by atoms with Crippen LogP contribution < -0.4 is 0 Å². The molecule has 0 amide bonds. The van der Waals surface area contributed by atoms with E-state index in [0.717, 1.165) is 0 Å². The lowest BCUT2D eigenvalue weighted by molar-refractivity contribution is -0.164.